The summed E-state index contributed by atoms with van der Waals surface area (Å²) in [5.74, 6) is 0. The summed E-state index contributed by atoms with van der Waals surface area (Å²) >= 11 is 0. The first-order chi connectivity index (χ1) is 6.76. The van der Waals surface area contributed by atoms with Crippen LogP contribution in [0.15, 0.2) is 24.4 Å². The average molecular weight is 215 g/mol. The van der Waals surface area contributed by atoms with Crippen molar-refractivity contribution in [2.45, 2.75) is 0 Å². The van der Waals surface area contributed by atoms with Crippen LogP contribution in [0.3, 0.4) is 0 Å². The van der Waals surface area contributed by atoms with Crippen LogP contribution in [-0.2, 0) is 13.3 Å². The molecule has 0 bridgehead atoms. The van der Waals surface area contributed by atoms with E-state index in [9.17, 15) is 0 Å². The minimum Gasteiger partial charge on any atom is -0.376 e. The molecule has 0 radical (unpaired) electrons. The predicted octanol–water partition coefficient (Wildman–Crippen LogP) is 0.789. The van der Waals surface area contributed by atoms with E-state index in [4.69, 9.17) is 13.3 Å². The molecule has 0 spiro atoms. The van der Waals surface area contributed by atoms with E-state index in [0.29, 0.717) is 6.17 Å². The second kappa shape index (κ2) is 5.31. The number of allylic oxidation sites excluding steroid dienone is 2. The number of rotatable bonds is 5. The highest BCUT2D eigenvalue weighted by Crippen LogP contribution is 2.10. The molecule has 4 nitrogen and oxygen atoms in total. The maximum absolute atomic E-state index is 5.33. The van der Waals surface area contributed by atoms with E-state index < -0.39 is 8.80 Å². The lowest BCUT2D eigenvalue weighted by Crippen LogP contribution is -2.52. The third kappa shape index (κ3) is 2.68. The third-order valence-electron chi connectivity index (χ3n) is 2.21. The van der Waals surface area contributed by atoms with Crippen molar-refractivity contribution in [1.82, 2.24) is 4.90 Å². The highest BCUT2D eigenvalue weighted by atomic mass is 28.4. The number of hydrogen-bond donors (Lipinski definition) is 0. The van der Waals surface area contributed by atoms with Gasteiger partial charge >= 0.3 is 8.80 Å². The van der Waals surface area contributed by atoms with Crippen molar-refractivity contribution >= 4 is 8.80 Å². The van der Waals surface area contributed by atoms with Gasteiger partial charge in [-0.1, -0.05) is 12.2 Å². The van der Waals surface area contributed by atoms with Gasteiger partial charge in [0.2, 0.25) is 0 Å². The molecule has 0 saturated carbocycles. The van der Waals surface area contributed by atoms with Gasteiger partial charge in [0.05, 0.1) is 6.17 Å². The van der Waals surface area contributed by atoms with Crippen molar-refractivity contribution < 1.29 is 13.3 Å². The van der Waals surface area contributed by atoms with Crippen LogP contribution in [0.2, 0.25) is 0 Å². The normalized spacial score (nSPS) is 16.4. The molecule has 5 heteroatoms. The highest BCUT2D eigenvalue weighted by molar-refractivity contribution is 6.60. The van der Waals surface area contributed by atoms with E-state index in [1.807, 2.05) is 18.4 Å². The van der Waals surface area contributed by atoms with Gasteiger partial charge in [-0.15, -0.1) is 0 Å². The zero-order valence-electron chi connectivity index (χ0n) is 8.90. The Morgan fingerprint density at radius 1 is 1.14 bits per heavy atom. The van der Waals surface area contributed by atoms with Gasteiger partial charge in [-0.05, 0) is 12.3 Å². The van der Waals surface area contributed by atoms with Crippen molar-refractivity contribution in [1.29, 1.82) is 0 Å². The maximum atomic E-state index is 5.33. The Labute approximate surface area is 86.1 Å². The van der Waals surface area contributed by atoms with Crippen LogP contribution in [0.25, 0.3) is 0 Å². The summed E-state index contributed by atoms with van der Waals surface area (Å²) in [7, 11) is 2.42. The van der Waals surface area contributed by atoms with Crippen LogP contribution in [0.5, 0.6) is 0 Å². The fourth-order valence-corrected chi connectivity index (χ4v) is 2.94. The second-order valence-corrected chi connectivity index (χ2v) is 5.90. The van der Waals surface area contributed by atoms with Crippen LogP contribution in [0.4, 0.5) is 0 Å². The molecule has 1 heterocycles. The fourth-order valence-electron chi connectivity index (χ4n) is 1.32. The lowest BCUT2D eigenvalue weighted by Gasteiger charge is -2.30. The third-order valence-corrected chi connectivity index (χ3v) is 4.87. The molecule has 80 valence electrons. The zero-order valence-corrected chi connectivity index (χ0v) is 9.90. The minimum absolute atomic E-state index is 0.678. The van der Waals surface area contributed by atoms with Crippen molar-refractivity contribution in [3.63, 3.8) is 0 Å². The van der Waals surface area contributed by atoms with Crippen LogP contribution in [0, 0.1) is 0 Å². The Bertz CT molecular complexity index is 218. The molecule has 1 aliphatic heterocycles. The summed E-state index contributed by atoms with van der Waals surface area (Å²) in [6, 6.07) is 0. The summed E-state index contributed by atoms with van der Waals surface area (Å²) < 4.78 is 16.0. The summed E-state index contributed by atoms with van der Waals surface area (Å²) in [5.41, 5.74) is 0. The van der Waals surface area contributed by atoms with Gasteiger partial charge in [0.25, 0.3) is 0 Å². The van der Waals surface area contributed by atoms with Gasteiger partial charge in [0.15, 0.2) is 0 Å². The Morgan fingerprint density at radius 3 is 2.21 bits per heavy atom. The molecular weight excluding hydrogens is 198 g/mol. The summed E-state index contributed by atoms with van der Waals surface area (Å²) in [4.78, 5) is 2.11. The molecule has 1 rings (SSSR count). The minimum atomic E-state index is -2.46. The van der Waals surface area contributed by atoms with Gasteiger partial charge in [-0.3, -0.25) is 0 Å². The van der Waals surface area contributed by atoms with E-state index in [1.165, 1.54) is 0 Å². The van der Waals surface area contributed by atoms with Gasteiger partial charge in [0.1, 0.15) is 0 Å². The smallest absolute Gasteiger partial charge is 0.376 e. The van der Waals surface area contributed by atoms with E-state index >= 15 is 0 Å². The average Bonchev–Trinajstić information content (AvgIpc) is 2.28. The molecule has 0 amide bonds. The largest absolute Gasteiger partial charge is 0.520 e. The molecule has 0 N–H and O–H groups in total. The quantitative estimate of drug-likeness (QED) is 0.634. The molecule has 0 aliphatic carbocycles. The standard InChI is InChI=1S/C9H17NO3Si/c1-11-14(12-2,13-3)9-10-7-5-4-6-8-10/h4-7H,8-9H2,1-3H3. The Balaban J connectivity index is 2.54. The molecular formula is C9H17NO3Si. The number of nitrogens with zero attached hydrogens (tertiary/aromatic N) is 1. The van der Waals surface area contributed by atoms with Crippen molar-refractivity contribution in [3.8, 4) is 0 Å². The molecule has 14 heavy (non-hydrogen) atoms. The summed E-state index contributed by atoms with van der Waals surface area (Å²) in [6.07, 6.45) is 8.78. The first-order valence-electron chi connectivity index (χ1n) is 4.49. The molecule has 0 aromatic heterocycles. The second-order valence-electron chi connectivity index (χ2n) is 2.99. The SMILES string of the molecule is CO[Si](CN1C=CC=CC1)(OC)OC. The van der Waals surface area contributed by atoms with Crippen LogP contribution >= 0.6 is 0 Å². The van der Waals surface area contributed by atoms with E-state index in [2.05, 4.69) is 11.0 Å². The molecule has 0 aromatic rings. The Kier molecular flexibility index (Phi) is 4.34. The monoisotopic (exact) mass is 215 g/mol. The van der Waals surface area contributed by atoms with Gasteiger partial charge in [-0.25, -0.2) is 0 Å². The molecule has 0 saturated heterocycles. The van der Waals surface area contributed by atoms with E-state index in [0.717, 1.165) is 6.54 Å². The van der Waals surface area contributed by atoms with Gasteiger partial charge in [-0.2, -0.15) is 0 Å². The first kappa shape index (κ1) is 11.5. The van der Waals surface area contributed by atoms with Crippen LogP contribution in [-0.4, -0.2) is 47.7 Å². The Morgan fingerprint density at radius 2 is 1.79 bits per heavy atom. The Hall–Kier alpha value is -0.623. The van der Waals surface area contributed by atoms with E-state index in [-0.39, 0.29) is 0 Å². The molecule has 1 aliphatic rings. The summed E-state index contributed by atoms with van der Waals surface area (Å²) in [5, 5.41) is 0. The number of hydrogen-bond acceptors (Lipinski definition) is 4. The van der Waals surface area contributed by atoms with Crippen molar-refractivity contribution in [3.05, 3.63) is 24.4 Å². The van der Waals surface area contributed by atoms with Gasteiger partial charge in [0, 0.05) is 27.9 Å². The predicted molar refractivity (Wildman–Crippen MR) is 56.6 cm³/mol. The van der Waals surface area contributed by atoms with Crippen LogP contribution in [0.1, 0.15) is 0 Å². The maximum Gasteiger partial charge on any atom is 0.520 e. The molecule has 0 unspecified atom stereocenters. The molecule has 0 aromatic carbocycles. The lowest BCUT2D eigenvalue weighted by molar-refractivity contribution is 0.111. The molecule has 0 fully saturated rings. The molecule has 0 atom stereocenters. The van der Waals surface area contributed by atoms with Crippen LogP contribution < -0.4 is 0 Å². The van der Waals surface area contributed by atoms with Crippen molar-refractivity contribution in [2.75, 3.05) is 34.0 Å². The highest BCUT2D eigenvalue weighted by Gasteiger charge is 2.39. The van der Waals surface area contributed by atoms with Crippen molar-refractivity contribution in [2.24, 2.45) is 0 Å². The topological polar surface area (TPSA) is 30.9 Å². The van der Waals surface area contributed by atoms with Gasteiger partial charge < -0.3 is 18.2 Å². The fraction of sp³-hybridized carbons (Fsp3) is 0.556. The summed E-state index contributed by atoms with van der Waals surface area (Å²) in [6.45, 7) is 0.876. The zero-order chi connectivity index (χ0) is 10.4. The first-order valence-corrected chi connectivity index (χ1v) is 6.42. The van der Waals surface area contributed by atoms with E-state index in [1.54, 1.807) is 21.3 Å². The lowest BCUT2D eigenvalue weighted by atomic mass is 10.4.